The highest BCUT2D eigenvalue weighted by Gasteiger charge is 1.74. The van der Waals surface area contributed by atoms with Crippen molar-refractivity contribution < 1.29 is 10.6 Å². The van der Waals surface area contributed by atoms with Crippen molar-refractivity contribution >= 4 is 17.4 Å². The topological polar surface area (TPSA) is 51.7 Å². The second kappa shape index (κ2) is 5.65. The number of para-hydroxylation sites is 1. The molecule has 2 nitrogen and oxygen atoms in total. The molecule has 0 fully saturated rings. The summed E-state index contributed by atoms with van der Waals surface area (Å²) in [5.74, 6) is 0.322. The van der Waals surface area contributed by atoms with Crippen LogP contribution in [0.5, 0.6) is 5.75 Å². The third-order valence-corrected chi connectivity index (χ3v) is 0.756. The summed E-state index contributed by atoms with van der Waals surface area (Å²) < 4.78 is 0. The van der Waals surface area contributed by atoms with Crippen molar-refractivity contribution in [2.75, 3.05) is 0 Å². The Morgan fingerprint density at radius 2 is 1.44 bits per heavy atom. The number of phenolic OH excluding ortho intramolecular Hbond substituents is 1. The lowest BCUT2D eigenvalue weighted by Crippen LogP contribution is -1.56. The van der Waals surface area contributed by atoms with Gasteiger partial charge in [0, 0.05) is 0 Å². The van der Waals surface area contributed by atoms with Crippen molar-refractivity contribution in [2.24, 2.45) is 0 Å². The Bertz CT molecular complexity index is 141. The highest BCUT2D eigenvalue weighted by molar-refractivity contribution is 5.75. The fourth-order valence-corrected chi connectivity index (χ4v) is 0.428. The summed E-state index contributed by atoms with van der Waals surface area (Å²) in [6.45, 7) is 0. The summed E-state index contributed by atoms with van der Waals surface area (Å²) in [5.41, 5.74) is 0. The van der Waals surface area contributed by atoms with Crippen LogP contribution in [0, 0.1) is 0 Å². The number of hydrogen-bond donors (Lipinski definition) is 1. The Hall–Kier alpha value is -0.488. The van der Waals surface area contributed by atoms with Gasteiger partial charge < -0.3 is 10.6 Å². The smallest absolute Gasteiger partial charge is 0.187 e. The zero-order valence-corrected chi connectivity index (χ0v) is 4.33. The van der Waals surface area contributed by atoms with Gasteiger partial charge in [-0.3, -0.25) is 0 Å². The van der Waals surface area contributed by atoms with Gasteiger partial charge in [0.15, 0.2) is 17.4 Å². The molecule has 0 aliphatic carbocycles. The van der Waals surface area contributed by atoms with E-state index in [1.165, 1.54) is 0 Å². The molecule has 3 N–H and O–H groups in total. The quantitative estimate of drug-likeness (QED) is 0.482. The van der Waals surface area contributed by atoms with Gasteiger partial charge in [0.05, 0.1) is 0 Å². The van der Waals surface area contributed by atoms with Crippen molar-refractivity contribution in [1.82, 2.24) is 0 Å². The van der Waals surface area contributed by atoms with Gasteiger partial charge in [-0.15, -0.1) is 0 Å². The third kappa shape index (κ3) is 4.04. The van der Waals surface area contributed by atoms with E-state index in [1.807, 2.05) is 6.07 Å². The number of aromatic hydroxyl groups is 1. The summed E-state index contributed by atoms with van der Waals surface area (Å²) in [4.78, 5) is 0. The summed E-state index contributed by atoms with van der Waals surface area (Å²) in [6, 6.07) is 8.71. The van der Waals surface area contributed by atoms with Crippen LogP contribution in [-0.2, 0) is 0 Å². The van der Waals surface area contributed by atoms with E-state index in [0.29, 0.717) is 5.75 Å². The molecule has 0 aliphatic rings. The molecule has 9 heavy (non-hydrogen) atoms. The molecule has 0 saturated heterocycles. The first-order chi connectivity index (χ1) is 3.39. The second-order valence-electron chi connectivity index (χ2n) is 1.34. The minimum Gasteiger partial charge on any atom is -0.508 e. The van der Waals surface area contributed by atoms with Gasteiger partial charge in [-0.25, -0.2) is 0 Å². The van der Waals surface area contributed by atoms with Gasteiger partial charge in [-0.05, 0) is 12.1 Å². The van der Waals surface area contributed by atoms with E-state index in [2.05, 4.69) is 0 Å². The van der Waals surface area contributed by atoms with Crippen LogP contribution in [0.3, 0.4) is 0 Å². The molecule has 1 rings (SSSR count). The van der Waals surface area contributed by atoms with Crippen LogP contribution in [0.15, 0.2) is 30.3 Å². The van der Waals surface area contributed by atoms with Crippen LogP contribution in [-0.4, -0.2) is 27.9 Å². The van der Waals surface area contributed by atoms with Crippen LogP contribution >= 0.6 is 0 Å². The first-order valence-corrected chi connectivity index (χ1v) is 2.13. The van der Waals surface area contributed by atoms with E-state index in [9.17, 15) is 0 Å². The lowest BCUT2D eigenvalue weighted by atomic mass is 10.3. The van der Waals surface area contributed by atoms with Crippen LogP contribution in [0.25, 0.3) is 0 Å². The first-order valence-electron chi connectivity index (χ1n) is 2.13. The Morgan fingerprint density at radius 3 is 1.67 bits per heavy atom. The summed E-state index contributed by atoms with van der Waals surface area (Å²) in [5, 5.41) is 8.63. The number of hydrogen-bond acceptors (Lipinski definition) is 1. The average Bonchev–Trinajstić information content (AvgIpc) is 1.69. The first kappa shape index (κ1) is 11.3. The molecule has 0 spiro atoms. The molecule has 50 valence electrons. The Balaban J connectivity index is 0. The highest BCUT2D eigenvalue weighted by atomic mass is 27.0. The summed E-state index contributed by atoms with van der Waals surface area (Å²) in [7, 11) is 0. The molecule has 0 heterocycles. The molecule has 0 bridgehead atoms. The fraction of sp³-hybridized carbons (Fsp3) is 0. The molecule has 1 aromatic rings. The van der Waals surface area contributed by atoms with E-state index in [1.54, 1.807) is 24.3 Å². The molecule has 0 radical (unpaired) electrons. The molecular formula is C6H11AlO2. The van der Waals surface area contributed by atoms with Gasteiger partial charge in [0.25, 0.3) is 0 Å². The summed E-state index contributed by atoms with van der Waals surface area (Å²) >= 11 is 0. The van der Waals surface area contributed by atoms with E-state index in [4.69, 9.17) is 5.11 Å². The lowest BCUT2D eigenvalue weighted by molar-refractivity contribution is 0.475. The van der Waals surface area contributed by atoms with Gasteiger partial charge >= 0.3 is 0 Å². The molecule has 0 aliphatic heterocycles. The zero-order valence-electron chi connectivity index (χ0n) is 4.33. The molecule has 3 heteroatoms. The van der Waals surface area contributed by atoms with Crippen molar-refractivity contribution in [2.45, 2.75) is 0 Å². The minimum absolute atomic E-state index is 0. The van der Waals surface area contributed by atoms with E-state index in [0.717, 1.165) is 0 Å². The van der Waals surface area contributed by atoms with E-state index < -0.39 is 0 Å². The largest absolute Gasteiger partial charge is 0.508 e. The van der Waals surface area contributed by atoms with Crippen molar-refractivity contribution in [3.05, 3.63) is 30.3 Å². The highest BCUT2D eigenvalue weighted by Crippen LogP contribution is 2.02. The van der Waals surface area contributed by atoms with Crippen molar-refractivity contribution in [3.63, 3.8) is 0 Å². The third-order valence-electron chi connectivity index (χ3n) is 0.756. The van der Waals surface area contributed by atoms with Crippen LogP contribution < -0.4 is 0 Å². The van der Waals surface area contributed by atoms with Gasteiger partial charge in [-0.2, -0.15) is 0 Å². The average molecular weight is 142 g/mol. The Kier molecular flexibility index (Phi) is 7.11. The maximum absolute atomic E-state index is 8.63. The Labute approximate surface area is 64.6 Å². The number of benzene rings is 1. The summed E-state index contributed by atoms with van der Waals surface area (Å²) in [6.07, 6.45) is 0. The van der Waals surface area contributed by atoms with Crippen LogP contribution in [0.4, 0.5) is 0 Å². The molecule has 0 aromatic heterocycles. The van der Waals surface area contributed by atoms with Gasteiger partial charge in [0.2, 0.25) is 0 Å². The number of rotatable bonds is 0. The second-order valence-corrected chi connectivity index (χ2v) is 1.34. The molecule has 0 saturated carbocycles. The maximum Gasteiger partial charge on any atom is 0.187 e. The normalized spacial score (nSPS) is 6.67. The SMILES string of the molecule is O.Oc1ccccc1.[AlH3]. The lowest BCUT2D eigenvalue weighted by Gasteiger charge is -1.82. The van der Waals surface area contributed by atoms with Crippen molar-refractivity contribution in [3.8, 4) is 5.75 Å². The van der Waals surface area contributed by atoms with Gasteiger partial charge in [0.1, 0.15) is 5.75 Å². The molecule has 1 aromatic carbocycles. The fourth-order valence-electron chi connectivity index (χ4n) is 0.428. The number of phenols is 1. The molecule has 0 unspecified atom stereocenters. The molecule has 0 atom stereocenters. The predicted octanol–water partition coefficient (Wildman–Crippen LogP) is -0.616. The standard InChI is InChI=1S/C6H6O.Al.H2O.3H/c7-6-4-2-1-3-5-6;;;;;/h1-5,7H;;1H2;;;. The zero-order chi connectivity index (χ0) is 5.11. The Morgan fingerprint density at radius 1 is 1.00 bits per heavy atom. The van der Waals surface area contributed by atoms with Crippen LogP contribution in [0.1, 0.15) is 0 Å². The monoisotopic (exact) mass is 142 g/mol. The molecular weight excluding hydrogens is 131 g/mol. The predicted molar refractivity (Wildman–Crippen MR) is 41.7 cm³/mol. The minimum atomic E-state index is 0. The molecule has 0 amide bonds. The van der Waals surface area contributed by atoms with E-state index in [-0.39, 0.29) is 22.8 Å². The van der Waals surface area contributed by atoms with E-state index >= 15 is 0 Å². The van der Waals surface area contributed by atoms with Gasteiger partial charge in [-0.1, -0.05) is 18.2 Å². The maximum atomic E-state index is 8.63. The van der Waals surface area contributed by atoms with Crippen molar-refractivity contribution in [1.29, 1.82) is 0 Å². The van der Waals surface area contributed by atoms with Crippen LogP contribution in [0.2, 0.25) is 0 Å².